The van der Waals surface area contributed by atoms with E-state index in [0.717, 1.165) is 18.5 Å². The van der Waals surface area contributed by atoms with Crippen molar-refractivity contribution in [3.8, 4) is 0 Å². The number of carbonyl (C=O) groups is 2. The zero-order valence-electron chi connectivity index (χ0n) is 14.2. The van der Waals surface area contributed by atoms with Crippen molar-refractivity contribution in [3.05, 3.63) is 29.8 Å². The summed E-state index contributed by atoms with van der Waals surface area (Å²) in [6, 6.07) is 7.85. The van der Waals surface area contributed by atoms with Crippen molar-refractivity contribution in [3.63, 3.8) is 0 Å². The van der Waals surface area contributed by atoms with Gasteiger partial charge in [0.2, 0.25) is 0 Å². The molecule has 0 unspecified atom stereocenters. The summed E-state index contributed by atoms with van der Waals surface area (Å²) in [4.78, 5) is 28.3. The standard InChI is InChI=1S/C18H25N3O3/c1-24-17(22)15-8-4-5-9-16(15)20-10-12-21(13-11-20)18(23)19-14-6-2-3-7-14/h4-5,8-9,14H,2-3,6-7,10-13H2,1H3,(H,19,23). The highest BCUT2D eigenvalue weighted by Crippen LogP contribution is 2.23. The lowest BCUT2D eigenvalue weighted by atomic mass is 10.1. The third-order valence-electron chi connectivity index (χ3n) is 4.90. The number of hydrogen-bond donors (Lipinski definition) is 1. The number of rotatable bonds is 3. The lowest BCUT2D eigenvalue weighted by molar-refractivity contribution is 0.0601. The van der Waals surface area contributed by atoms with Crippen molar-refractivity contribution >= 4 is 17.7 Å². The first kappa shape index (κ1) is 16.6. The molecule has 24 heavy (non-hydrogen) atoms. The number of piperazine rings is 1. The van der Waals surface area contributed by atoms with Crippen LogP contribution in [0.5, 0.6) is 0 Å². The Morgan fingerprint density at radius 3 is 2.42 bits per heavy atom. The number of nitrogens with one attached hydrogen (secondary N) is 1. The second-order valence-electron chi connectivity index (χ2n) is 6.41. The molecule has 130 valence electrons. The van der Waals surface area contributed by atoms with Crippen LogP contribution >= 0.6 is 0 Å². The molecule has 3 rings (SSSR count). The highest BCUT2D eigenvalue weighted by Gasteiger charge is 2.26. The lowest BCUT2D eigenvalue weighted by Gasteiger charge is -2.37. The lowest BCUT2D eigenvalue weighted by Crippen LogP contribution is -2.53. The minimum absolute atomic E-state index is 0.0443. The first-order valence-electron chi connectivity index (χ1n) is 8.67. The van der Waals surface area contributed by atoms with Gasteiger partial charge < -0.3 is 19.9 Å². The predicted molar refractivity (Wildman–Crippen MR) is 92.4 cm³/mol. The van der Waals surface area contributed by atoms with Crippen LogP contribution in [0.2, 0.25) is 0 Å². The van der Waals surface area contributed by atoms with E-state index in [1.807, 2.05) is 23.1 Å². The summed E-state index contributed by atoms with van der Waals surface area (Å²) < 4.78 is 4.86. The topological polar surface area (TPSA) is 61.9 Å². The van der Waals surface area contributed by atoms with Gasteiger partial charge in [0.25, 0.3) is 0 Å². The van der Waals surface area contributed by atoms with Gasteiger partial charge in [0, 0.05) is 32.2 Å². The van der Waals surface area contributed by atoms with Crippen LogP contribution in [0.25, 0.3) is 0 Å². The molecule has 0 spiro atoms. The summed E-state index contributed by atoms with van der Waals surface area (Å²) in [5, 5.41) is 3.14. The Morgan fingerprint density at radius 2 is 1.75 bits per heavy atom. The van der Waals surface area contributed by atoms with Gasteiger partial charge in [-0.3, -0.25) is 0 Å². The van der Waals surface area contributed by atoms with Gasteiger partial charge in [0.1, 0.15) is 0 Å². The largest absolute Gasteiger partial charge is 0.465 e. The Bertz CT molecular complexity index is 591. The van der Waals surface area contributed by atoms with Gasteiger partial charge in [-0.25, -0.2) is 9.59 Å². The van der Waals surface area contributed by atoms with Crippen LogP contribution < -0.4 is 10.2 Å². The zero-order chi connectivity index (χ0) is 16.9. The predicted octanol–water partition coefficient (Wildman–Crippen LogP) is 2.25. The Labute approximate surface area is 142 Å². The number of para-hydroxylation sites is 1. The Balaban J connectivity index is 1.59. The number of esters is 1. The van der Waals surface area contributed by atoms with Gasteiger partial charge in [0.15, 0.2) is 0 Å². The SMILES string of the molecule is COC(=O)c1ccccc1N1CCN(C(=O)NC2CCCC2)CC1. The van der Waals surface area contributed by atoms with Crippen LogP contribution in [0.15, 0.2) is 24.3 Å². The van der Waals surface area contributed by atoms with Crippen LogP contribution in [0.1, 0.15) is 36.0 Å². The molecule has 6 nitrogen and oxygen atoms in total. The van der Waals surface area contributed by atoms with E-state index in [1.54, 1.807) is 6.07 Å². The Hall–Kier alpha value is -2.24. The fraction of sp³-hybridized carbons (Fsp3) is 0.556. The van der Waals surface area contributed by atoms with Gasteiger partial charge in [-0.1, -0.05) is 25.0 Å². The van der Waals surface area contributed by atoms with Crippen LogP contribution in [0.4, 0.5) is 10.5 Å². The normalized spacial score (nSPS) is 18.5. The van der Waals surface area contributed by atoms with E-state index in [4.69, 9.17) is 4.74 Å². The van der Waals surface area contributed by atoms with Gasteiger partial charge in [-0.15, -0.1) is 0 Å². The summed E-state index contributed by atoms with van der Waals surface area (Å²) in [6.07, 6.45) is 4.61. The van der Waals surface area contributed by atoms with E-state index in [0.29, 0.717) is 37.8 Å². The van der Waals surface area contributed by atoms with Gasteiger partial charge in [0.05, 0.1) is 18.4 Å². The first-order valence-corrected chi connectivity index (χ1v) is 8.67. The summed E-state index contributed by atoms with van der Waals surface area (Å²) in [6.45, 7) is 2.75. The monoisotopic (exact) mass is 331 g/mol. The third-order valence-corrected chi connectivity index (χ3v) is 4.90. The summed E-state index contributed by atoms with van der Waals surface area (Å²) >= 11 is 0. The maximum atomic E-state index is 12.3. The van der Waals surface area contributed by atoms with E-state index in [1.165, 1.54) is 20.0 Å². The summed E-state index contributed by atoms with van der Waals surface area (Å²) in [5.41, 5.74) is 1.45. The molecule has 1 aromatic carbocycles. The average Bonchev–Trinajstić information content (AvgIpc) is 3.14. The van der Waals surface area contributed by atoms with Crippen molar-refractivity contribution in [2.45, 2.75) is 31.7 Å². The number of hydrogen-bond acceptors (Lipinski definition) is 4. The third kappa shape index (κ3) is 3.63. The summed E-state index contributed by atoms with van der Waals surface area (Å²) in [7, 11) is 1.39. The van der Waals surface area contributed by atoms with Crippen molar-refractivity contribution in [1.29, 1.82) is 0 Å². The number of amides is 2. The molecule has 1 saturated heterocycles. The Morgan fingerprint density at radius 1 is 1.08 bits per heavy atom. The van der Waals surface area contributed by atoms with E-state index in [-0.39, 0.29) is 12.0 Å². The van der Waals surface area contributed by atoms with Gasteiger partial charge in [-0.05, 0) is 25.0 Å². The molecular formula is C18H25N3O3. The second kappa shape index (κ2) is 7.55. The first-order chi connectivity index (χ1) is 11.7. The smallest absolute Gasteiger partial charge is 0.339 e. The second-order valence-corrected chi connectivity index (χ2v) is 6.41. The number of carbonyl (C=O) groups excluding carboxylic acids is 2. The fourth-order valence-electron chi connectivity index (χ4n) is 3.52. The zero-order valence-corrected chi connectivity index (χ0v) is 14.2. The molecule has 6 heteroatoms. The fourth-order valence-corrected chi connectivity index (χ4v) is 3.52. The average molecular weight is 331 g/mol. The number of ether oxygens (including phenoxy) is 1. The molecule has 2 aliphatic rings. The van der Waals surface area contributed by atoms with Gasteiger partial charge in [-0.2, -0.15) is 0 Å². The van der Waals surface area contributed by atoms with E-state index >= 15 is 0 Å². The Kier molecular flexibility index (Phi) is 5.23. The molecule has 1 N–H and O–H groups in total. The number of methoxy groups -OCH3 is 1. The van der Waals surface area contributed by atoms with E-state index in [9.17, 15) is 9.59 Å². The number of urea groups is 1. The molecule has 2 fully saturated rings. The maximum absolute atomic E-state index is 12.3. The molecule has 1 saturated carbocycles. The van der Waals surface area contributed by atoms with Gasteiger partial charge >= 0.3 is 12.0 Å². The van der Waals surface area contributed by atoms with Crippen LogP contribution in [0.3, 0.4) is 0 Å². The highest BCUT2D eigenvalue weighted by atomic mass is 16.5. The molecule has 1 heterocycles. The van der Waals surface area contributed by atoms with Crippen LogP contribution in [-0.2, 0) is 4.74 Å². The molecule has 1 aromatic rings. The van der Waals surface area contributed by atoms with Crippen LogP contribution in [0, 0.1) is 0 Å². The van der Waals surface area contributed by atoms with E-state index < -0.39 is 0 Å². The maximum Gasteiger partial charge on any atom is 0.339 e. The van der Waals surface area contributed by atoms with Crippen molar-refractivity contribution in [2.24, 2.45) is 0 Å². The van der Waals surface area contributed by atoms with Crippen LogP contribution in [-0.4, -0.2) is 56.2 Å². The number of anilines is 1. The molecule has 1 aliphatic carbocycles. The van der Waals surface area contributed by atoms with Crippen molar-refractivity contribution in [2.75, 3.05) is 38.2 Å². The molecule has 2 amide bonds. The van der Waals surface area contributed by atoms with Crippen molar-refractivity contribution < 1.29 is 14.3 Å². The quantitative estimate of drug-likeness (QED) is 0.863. The molecule has 0 radical (unpaired) electrons. The molecule has 0 aromatic heterocycles. The summed E-state index contributed by atoms with van der Waals surface area (Å²) in [5.74, 6) is -0.327. The molecule has 0 bridgehead atoms. The highest BCUT2D eigenvalue weighted by molar-refractivity contribution is 5.95. The van der Waals surface area contributed by atoms with Crippen molar-refractivity contribution in [1.82, 2.24) is 10.2 Å². The van der Waals surface area contributed by atoms with E-state index in [2.05, 4.69) is 10.2 Å². The minimum Gasteiger partial charge on any atom is -0.465 e. The molecule has 0 atom stereocenters. The minimum atomic E-state index is -0.327. The number of benzene rings is 1. The molecule has 1 aliphatic heterocycles. The number of nitrogens with zero attached hydrogens (tertiary/aromatic N) is 2. The molecular weight excluding hydrogens is 306 g/mol.